The van der Waals surface area contributed by atoms with Gasteiger partial charge in [0.2, 0.25) is 14.3 Å². The number of amides is 2. The van der Waals surface area contributed by atoms with E-state index in [9.17, 15) is 14.7 Å². The molecule has 1 fully saturated rings. The molecule has 0 unspecified atom stereocenters. The Kier molecular flexibility index (Phi) is 8.63. The quantitative estimate of drug-likeness (QED) is 0.250. The predicted molar refractivity (Wildman–Crippen MR) is 170 cm³/mol. The largest absolute Gasteiger partial charge is 0.482 e. The maximum Gasteiger partial charge on any atom is 0.269 e. The molecule has 3 aromatic carbocycles. The number of carbonyl (C=O) groups excluding carboxylic acids is 2. The van der Waals surface area contributed by atoms with E-state index in [1.54, 1.807) is 22.9 Å². The highest BCUT2D eigenvalue weighted by Crippen LogP contribution is 2.47. The second-order valence-electron chi connectivity index (χ2n) is 12.9. The normalized spacial score (nSPS) is 24.9. The van der Waals surface area contributed by atoms with Crippen molar-refractivity contribution in [1.82, 2.24) is 4.90 Å². The average Bonchev–Trinajstić information content (AvgIpc) is 3.33. The first-order valence-corrected chi connectivity index (χ1v) is 18.5. The van der Waals surface area contributed by atoms with Crippen molar-refractivity contribution in [2.45, 2.75) is 76.0 Å². The Morgan fingerprint density at radius 3 is 2.55 bits per heavy atom. The minimum absolute atomic E-state index is 0.0118. The SMILES string of the molecule is C[C@@H]1[C@@H]([Si](C)(C)F)[C@H](CC(=O)N2Cc3ccccc3C[C@H]2CO)O[C@@H]1CCc1cccc(N2C(=O)COc3ccccc32)c1. The summed E-state index contributed by atoms with van der Waals surface area (Å²) in [5.74, 6) is 0.419. The zero-order valence-corrected chi connectivity index (χ0v) is 26.6. The number of hydrogen-bond acceptors (Lipinski definition) is 5. The van der Waals surface area contributed by atoms with Crippen molar-refractivity contribution in [2.24, 2.45) is 5.92 Å². The van der Waals surface area contributed by atoms with E-state index in [1.165, 1.54) is 0 Å². The van der Waals surface area contributed by atoms with Crippen molar-refractivity contribution in [3.8, 4) is 5.75 Å². The molecular formula is C35H41FN2O5Si. The molecule has 3 aliphatic heterocycles. The topological polar surface area (TPSA) is 79.3 Å². The molecule has 0 bridgehead atoms. The molecule has 5 atom stereocenters. The molecule has 3 aromatic rings. The maximum absolute atomic E-state index is 15.8. The number of aliphatic hydroxyl groups excluding tert-OH is 1. The third-order valence-electron chi connectivity index (χ3n) is 9.55. The van der Waals surface area contributed by atoms with Crippen molar-refractivity contribution in [1.29, 1.82) is 0 Å². The Bertz CT molecular complexity index is 1530. The summed E-state index contributed by atoms with van der Waals surface area (Å²) in [6, 6.07) is 23.2. The fourth-order valence-corrected chi connectivity index (χ4v) is 10.00. The molecule has 7 nitrogen and oxygen atoms in total. The van der Waals surface area contributed by atoms with Gasteiger partial charge in [-0.05, 0) is 79.2 Å². The lowest BCUT2D eigenvalue weighted by Crippen LogP contribution is -2.48. The van der Waals surface area contributed by atoms with Crippen molar-refractivity contribution < 1.29 is 28.3 Å². The molecule has 3 aliphatic rings. The Labute approximate surface area is 259 Å². The van der Waals surface area contributed by atoms with Crippen molar-refractivity contribution in [3.63, 3.8) is 0 Å². The summed E-state index contributed by atoms with van der Waals surface area (Å²) in [6.07, 6.45) is 1.40. The van der Waals surface area contributed by atoms with E-state index in [2.05, 4.69) is 6.92 Å². The Hall–Kier alpha value is -3.53. The van der Waals surface area contributed by atoms with Gasteiger partial charge in [-0.15, -0.1) is 0 Å². The van der Waals surface area contributed by atoms with Gasteiger partial charge < -0.3 is 23.6 Å². The molecule has 232 valence electrons. The van der Waals surface area contributed by atoms with Crippen LogP contribution in [0.15, 0.2) is 72.8 Å². The van der Waals surface area contributed by atoms with Gasteiger partial charge in [0.1, 0.15) is 5.75 Å². The first kappa shape index (κ1) is 30.5. The molecule has 0 aromatic heterocycles. The van der Waals surface area contributed by atoms with Crippen LogP contribution >= 0.6 is 0 Å². The average molecular weight is 617 g/mol. The first-order chi connectivity index (χ1) is 21.1. The minimum atomic E-state index is -3.17. The van der Waals surface area contributed by atoms with Crippen LogP contribution in [0.5, 0.6) is 5.75 Å². The second kappa shape index (κ2) is 12.5. The van der Waals surface area contributed by atoms with Crippen molar-refractivity contribution >= 4 is 31.6 Å². The number of nitrogens with zero attached hydrogens (tertiary/aromatic N) is 2. The van der Waals surface area contributed by atoms with Gasteiger partial charge in [0.05, 0.1) is 37.0 Å². The number of ether oxygens (including phenoxy) is 2. The van der Waals surface area contributed by atoms with Gasteiger partial charge in [0, 0.05) is 17.8 Å². The smallest absolute Gasteiger partial charge is 0.269 e. The number of anilines is 2. The summed E-state index contributed by atoms with van der Waals surface area (Å²) < 4.78 is 28.0. The second-order valence-corrected chi connectivity index (χ2v) is 16.7. The van der Waals surface area contributed by atoms with Crippen LogP contribution in [-0.4, -0.2) is 61.7 Å². The van der Waals surface area contributed by atoms with Crippen LogP contribution < -0.4 is 9.64 Å². The van der Waals surface area contributed by atoms with E-state index < -0.39 is 14.5 Å². The minimum Gasteiger partial charge on any atom is -0.482 e. The molecule has 2 amide bonds. The number of benzene rings is 3. The van der Waals surface area contributed by atoms with Crippen molar-refractivity contribution in [3.05, 3.63) is 89.5 Å². The number of aliphatic hydroxyl groups is 1. The Morgan fingerprint density at radius 1 is 1.02 bits per heavy atom. The van der Waals surface area contributed by atoms with Crippen LogP contribution in [0.1, 0.15) is 36.5 Å². The molecule has 0 aliphatic carbocycles. The fraction of sp³-hybridized carbons (Fsp3) is 0.429. The van der Waals surface area contributed by atoms with E-state index in [0.29, 0.717) is 31.6 Å². The first-order valence-electron chi connectivity index (χ1n) is 15.6. The lowest BCUT2D eigenvalue weighted by molar-refractivity contribution is -0.138. The van der Waals surface area contributed by atoms with Crippen LogP contribution in [0.4, 0.5) is 15.5 Å². The monoisotopic (exact) mass is 616 g/mol. The van der Waals surface area contributed by atoms with Gasteiger partial charge in [-0.2, -0.15) is 0 Å². The number of hydrogen-bond donors (Lipinski definition) is 1. The molecule has 6 rings (SSSR count). The third-order valence-corrected chi connectivity index (χ3v) is 12.0. The summed E-state index contributed by atoms with van der Waals surface area (Å²) >= 11 is 0. The van der Waals surface area contributed by atoms with E-state index in [-0.39, 0.29) is 55.1 Å². The van der Waals surface area contributed by atoms with Crippen LogP contribution in [0.25, 0.3) is 0 Å². The number of para-hydroxylation sites is 2. The van der Waals surface area contributed by atoms with Crippen molar-refractivity contribution in [2.75, 3.05) is 18.1 Å². The third kappa shape index (κ3) is 6.05. The van der Waals surface area contributed by atoms with E-state index in [4.69, 9.17) is 9.47 Å². The number of fused-ring (bicyclic) bond motifs is 2. The Morgan fingerprint density at radius 2 is 1.77 bits per heavy atom. The standard InChI is InChI=1S/C35H41FN2O5Si/c1-23-30(16-15-24-9-8-12-27(17-24)38-29-13-6-7-14-31(29)42-22-34(38)41)43-32(35(23)44(2,3)36)19-33(40)37-20-26-11-5-4-10-25(26)18-28(37)21-39/h4-14,17,23,28,30,32,35,39H,15-16,18-22H2,1-3H3/t23-,28-,30+,32-,35+/m0/s1. The summed E-state index contributed by atoms with van der Waals surface area (Å²) in [4.78, 5) is 30.0. The highest BCUT2D eigenvalue weighted by atomic mass is 28.4. The van der Waals surface area contributed by atoms with E-state index in [1.807, 2.05) is 72.8 Å². The lowest BCUT2D eigenvalue weighted by Gasteiger charge is -2.37. The van der Waals surface area contributed by atoms with Crippen LogP contribution in [0, 0.1) is 5.92 Å². The Balaban J connectivity index is 1.15. The molecular weight excluding hydrogens is 575 g/mol. The van der Waals surface area contributed by atoms with Gasteiger partial charge in [-0.1, -0.05) is 55.5 Å². The van der Waals surface area contributed by atoms with Crippen LogP contribution in [-0.2, 0) is 33.7 Å². The lowest BCUT2D eigenvalue weighted by atomic mass is 9.93. The number of halogens is 1. The maximum atomic E-state index is 15.8. The molecule has 9 heteroatoms. The molecule has 1 saturated heterocycles. The number of aryl methyl sites for hydroxylation is 1. The molecule has 3 heterocycles. The summed E-state index contributed by atoms with van der Waals surface area (Å²) in [6.45, 7) is 5.80. The van der Waals surface area contributed by atoms with Gasteiger partial charge in [0.25, 0.3) is 5.91 Å². The molecule has 44 heavy (non-hydrogen) atoms. The van der Waals surface area contributed by atoms with E-state index >= 15 is 4.11 Å². The number of rotatable bonds is 8. The zero-order valence-electron chi connectivity index (χ0n) is 25.6. The van der Waals surface area contributed by atoms with E-state index in [0.717, 1.165) is 28.1 Å². The van der Waals surface area contributed by atoms with Crippen LogP contribution in [0.2, 0.25) is 18.6 Å². The van der Waals surface area contributed by atoms with Crippen LogP contribution in [0.3, 0.4) is 0 Å². The fourth-order valence-electron chi connectivity index (χ4n) is 7.45. The van der Waals surface area contributed by atoms with Gasteiger partial charge >= 0.3 is 0 Å². The highest BCUT2D eigenvalue weighted by molar-refractivity contribution is 6.72. The molecule has 0 saturated carbocycles. The summed E-state index contributed by atoms with van der Waals surface area (Å²) in [5, 5.41) is 10.1. The predicted octanol–water partition coefficient (Wildman–Crippen LogP) is 5.96. The summed E-state index contributed by atoms with van der Waals surface area (Å²) in [7, 11) is -3.17. The molecule has 0 radical (unpaired) electrons. The van der Waals surface area contributed by atoms with Gasteiger partial charge in [-0.3, -0.25) is 14.5 Å². The van der Waals surface area contributed by atoms with Gasteiger partial charge in [-0.25, -0.2) is 0 Å². The summed E-state index contributed by atoms with van der Waals surface area (Å²) in [5.41, 5.74) is 4.49. The number of carbonyl (C=O) groups is 2. The zero-order chi connectivity index (χ0) is 31.0. The highest BCUT2D eigenvalue weighted by Gasteiger charge is 2.52. The molecule has 0 spiro atoms. The molecule has 1 N–H and O–H groups in total. The van der Waals surface area contributed by atoms with Gasteiger partial charge in [0.15, 0.2) is 6.61 Å².